The Morgan fingerprint density at radius 3 is 1.13 bits per heavy atom. The summed E-state index contributed by atoms with van der Waals surface area (Å²) in [5.74, 6) is 2.28. The van der Waals surface area contributed by atoms with Gasteiger partial charge in [-0.1, -0.05) is 128 Å². The van der Waals surface area contributed by atoms with Crippen molar-refractivity contribution in [3.05, 3.63) is 222 Å². The quantitative estimate of drug-likeness (QED) is 0.0224. The van der Waals surface area contributed by atoms with Crippen LogP contribution in [0.3, 0.4) is 0 Å². The molecular weight excluding hydrogens is 1680 g/mol. The first-order valence-corrected chi connectivity index (χ1v) is 39.4. The molecule has 17 rings (SSSR count). The second-order valence-electron chi connectivity index (χ2n) is 28.4. The normalized spacial score (nSPS) is 12.5. The number of piperidine rings is 1. The lowest BCUT2D eigenvalue weighted by Gasteiger charge is -2.26. The van der Waals surface area contributed by atoms with E-state index in [0.717, 1.165) is 93.8 Å². The molecule has 16 aromatic rings. The molecule has 0 saturated carbocycles. The Balaban J connectivity index is 0.000000137. The molecule has 9 heterocycles. The summed E-state index contributed by atoms with van der Waals surface area (Å²) in [5, 5.41) is 81.5. The van der Waals surface area contributed by atoms with Crippen molar-refractivity contribution in [3.8, 4) is 56.7 Å². The second-order valence-corrected chi connectivity index (χ2v) is 28.4. The monoisotopic (exact) mass is 1750 g/mol. The lowest BCUT2D eigenvalue weighted by molar-refractivity contribution is -0.137. The molecule has 656 valence electrons. The second kappa shape index (κ2) is 39.8. The van der Waals surface area contributed by atoms with Crippen LogP contribution in [-0.4, -0.2) is 186 Å². The van der Waals surface area contributed by atoms with E-state index in [1.807, 2.05) is 116 Å². The third-order valence-corrected chi connectivity index (χ3v) is 19.3. The molecule has 0 spiro atoms. The summed E-state index contributed by atoms with van der Waals surface area (Å²) in [6, 6.07) is 52.1. The van der Waals surface area contributed by atoms with Crippen LogP contribution in [0.4, 0.5) is 111 Å². The Morgan fingerprint density at radius 1 is 0.362 bits per heavy atom. The van der Waals surface area contributed by atoms with Gasteiger partial charge in [0.25, 0.3) is 5.88 Å². The summed E-state index contributed by atoms with van der Waals surface area (Å²) in [6.07, 6.45) is -14.7. The molecule has 127 heavy (non-hydrogen) atoms. The van der Waals surface area contributed by atoms with Gasteiger partial charge in [0, 0.05) is 83.1 Å². The Bertz CT molecular complexity index is 6210. The van der Waals surface area contributed by atoms with Crippen LogP contribution in [0.1, 0.15) is 41.5 Å². The Hall–Kier alpha value is -14.9. The van der Waals surface area contributed by atoms with Gasteiger partial charge < -0.3 is 57.7 Å². The van der Waals surface area contributed by atoms with Gasteiger partial charge in [-0.15, -0.1) is 40.8 Å². The molecule has 0 atom stereocenters. The van der Waals surface area contributed by atoms with Gasteiger partial charge in [0.15, 0.2) is 40.7 Å². The van der Waals surface area contributed by atoms with E-state index in [9.17, 15) is 52.7 Å². The highest BCUT2D eigenvalue weighted by Crippen LogP contribution is 2.45. The third kappa shape index (κ3) is 22.0. The summed E-state index contributed by atoms with van der Waals surface area (Å²) in [4.78, 5) is 17.2. The van der Waals surface area contributed by atoms with Crippen LogP contribution in [0.25, 0.3) is 88.5 Å². The highest BCUT2D eigenvalue weighted by Gasteiger charge is 2.39. The number of likely N-dealkylation sites (N-methyl/N-ethyl adjacent to an activating group) is 1. The molecule has 0 amide bonds. The van der Waals surface area contributed by atoms with Gasteiger partial charge in [-0.3, -0.25) is 25.3 Å². The Morgan fingerprint density at radius 2 is 0.717 bits per heavy atom. The zero-order chi connectivity index (χ0) is 89.2. The zero-order valence-corrected chi connectivity index (χ0v) is 67.4. The standard InChI is InChI=1S/C25H25F3N6O.C21H21F3N8.C19H17F3N8.C19H16F3N7O/c26-25(27,28)20-10-4-2-8-17(20)19-16-22(29-23-18-9-3-5-11-21(18)30-32-23)31-33-24(19)35-15-14-34-12-6-1-7-13-34;1-32(2)12-11-25-19-17(13-7-3-5-9-15(13)21(22,23)24)26-20(31-30-19)27-18-14-8-4-6-10-16(14)28-29-18;20-19(21,22)13-7-3-1-5-11(13)15-17(24-10-9-23)29-30-18(25-15)26-16-12-6-2-4-8-14(12)27-28-16;20-19(21,22)13-7-3-1-5-11(13)15-17(30-10-9-23)28-29-18(24-15)25-16-12-6-2-4-8-14(12)26-27-16/h2-5,8-11,16H,1,6-7,12-15H2,(H2,29,30,31,32);3-10H,11-12H2,1-2H3,(H,25,30)(H2,26,27,28,29,31);1-8H,9-10,23H2,(H,24,29)(H2,25,26,27,28,30);1-8H,9-10,23H2,(H2,24,25,26,27,29). The van der Waals surface area contributed by atoms with Crippen LogP contribution >= 0.6 is 0 Å². The summed E-state index contributed by atoms with van der Waals surface area (Å²) in [7, 11) is 3.79. The molecule has 0 bridgehead atoms. The maximum absolute atomic E-state index is 13.8. The fraction of sp³-hybridized carbons (Fsp3) is 0.226. The van der Waals surface area contributed by atoms with Crippen LogP contribution in [0, 0.1) is 0 Å². The number of likely N-dealkylation sites (tertiary alicyclic amines) is 1. The molecule has 0 unspecified atom stereocenters. The lowest BCUT2D eigenvalue weighted by Crippen LogP contribution is -2.33. The number of aromatic amines is 4. The lowest BCUT2D eigenvalue weighted by atomic mass is 10.0. The number of nitrogens with one attached hydrogen (secondary N) is 10. The van der Waals surface area contributed by atoms with Crippen molar-refractivity contribution in [1.29, 1.82) is 0 Å². The van der Waals surface area contributed by atoms with Crippen molar-refractivity contribution in [3.63, 3.8) is 0 Å². The number of rotatable bonds is 26. The fourth-order valence-electron chi connectivity index (χ4n) is 13.4. The first-order valence-electron chi connectivity index (χ1n) is 39.4. The first kappa shape index (κ1) is 88.5. The van der Waals surface area contributed by atoms with Crippen molar-refractivity contribution < 1.29 is 62.2 Å². The first-order chi connectivity index (χ1) is 61.3. The maximum Gasteiger partial charge on any atom is 0.417 e. The van der Waals surface area contributed by atoms with Gasteiger partial charge in [-0.2, -0.15) is 73.1 Å². The molecule has 8 aromatic carbocycles. The van der Waals surface area contributed by atoms with E-state index in [0.29, 0.717) is 56.1 Å². The van der Waals surface area contributed by atoms with Crippen molar-refractivity contribution in [1.82, 2.24) is 106 Å². The predicted octanol–water partition coefficient (Wildman–Crippen LogP) is 16.9. The number of aromatic nitrogens is 19. The molecule has 31 nitrogen and oxygen atoms in total. The number of nitrogens with two attached hydrogens (primary N) is 2. The summed E-state index contributed by atoms with van der Waals surface area (Å²) >= 11 is 0. The van der Waals surface area contributed by atoms with Crippen molar-refractivity contribution in [2.75, 3.05) is 112 Å². The predicted molar refractivity (Wildman–Crippen MR) is 456 cm³/mol. The number of para-hydroxylation sites is 4. The SMILES string of the molecule is CN(C)CCNc1nnc(Nc2n[nH]c3ccccc23)nc1-c1ccccc1C(F)(F)F.FC(F)(F)c1ccccc1-c1cc(Nc2n[nH]c3ccccc23)nnc1OCCN1CCCCC1.NCCNc1nnc(Nc2n[nH]c3ccccc23)nc1-c1ccccc1C(F)(F)F.NCCOc1nnc(Nc2n[nH]c3ccccc23)nc1-c1ccccc1C(F)(F)F. The summed E-state index contributed by atoms with van der Waals surface area (Å²) in [5.41, 5.74) is 10.7. The largest absolute Gasteiger partial charge is 0.475 e. The molecule has 43 heteroatoms. The molecule has 8 aromatic heterocycles. The number of hydrogen-bond acceptors (Lipinski definition) is 27. The van der Waals surface area contributed by atoms with Gasteiger partial charge in [0.05, 0.1) is 44.3 Å². The van der Waals surface area contributed by atoms with E-state index in [1.165, 1.54) is 79.2 Å². The van der Waals surface area contributed by atoms with Crippen molar-refractivity contribution >= 4 is 102 Å². The summed E-state index contributed by atoms with van der Waals surface area (Å²) < 4.78 is 175. The number of benzene rings is 8. The zero-order valence-electron chi connectivity index (χ0n) is 67.4. The topological polar surface area (TPSA) is 406 Å². The fourth-order valence-corrected chi connectivity index (χ4v) is 13.4. The average molecular weight is 1750 g/mol. The van der Waals surface area contributed by atoms with E-state index in [4.69, 9.17) is 20.9 Å². The van der Waals surface area contributed by atoms with E-state index in [1.54, 1.807) is 6.07 Å². The van der Waals surface area contributed by atoms with Crippen molar-refractivity contribution in [2.45, 2.75) is 44.0 Å². The average Bonchev–Trinajstić information content (AvgIpc) is 1.47. The van der Waals surface area contributed by atoms with Crippen LogP contribution < -0.4 is 52.8 Å². The number of fused-ring (bicyclic) bond motifs is 4. The van der Waals surface area contributed by atoms with Crippen LogP contribution in [0.5, 0.6) is 11.8 Å². The minimum absolute atomic E-state index is 0.00807. The summed E-state index contributed by atoms with van der Waals surface area (Å²) in [6.45, 7) is 4.88. The number of hydrogen-bond donors (Lipinski definition) is 12. The van der Waals surface area contributed by atoms with E-state index >= 15 is 0 Å². The van der Waals surface area contributed by atoms with Crippen LogP contribution in [0.15, 0.2) is 200 Å². The smallest absolute Gasteiger partial charge is 0.417 e. The number of anilines is 10. The molecule has 1 fully saturated rings. The van der Waals surface area contributed by atoms with Gasteiger partial charge in [-0.25, -0.2) is 15.0 Å². The van der Waals surface area contributed by atoms with Crippen molar-refractivity contribution in [2.24, 2.45) is 11.5 Å². The number of halogens is 12. The number of ether oxygens (including phenoxy) is 2. The highest BCUT2D eigenvalue weighted by atomic mass is 19.4. The van der Waals surface area contributed by atoms with E-state index in [2.05, 4.69) is 133 Å². The molecular formula is C84H79F12N29O2. The molecule has 1 aliphatic rings. The number of alkyl halides is 12. The van der Waals surface area contributed by atoms with Crippen LogP contribution in [0.2, 0.25) is 0 Å². The van der Waals surface area contributed by atoms with E-state index in [-0.39, 0.29) is 112 Å². The van der Waals surface area contributed by atoms with Gasteiger partial charge >= 0.3 is 24.7 Å². The van der Waals surface area contributed by atoms with Gasteiger partial charge in [-0.05, 0) is 124 Å². The minimum atomic E-state index is -4.58. The molecule has 1 aliphatic heterocycles. The third-order valence-electron chi connectivity index (χ3n) is 19.3. The number of nitrogens with zero attached hydrogens (tertiary/aromatic N) is 17. The molecule has 14 N–H and O–H groups in total. The molecule has 1 saturated heterocycles. The Labute approximate surface area is 713 Å². The minimum Gasteiger partial charge on any atom is -0.475 e. The van der Waals surface area contributed by atoms with E-state index < -0.39 is 47.0 Å². The van der Waals surface area contributed by atoms with Gasteiger partial charge in [0.2, 0.25) is 23.7 Å². The number of H-pyrrole nitrogens is 4. The maximum atomic E-state index is 13.8. The molecule has 0 aliphatic carbocycles. The highest BCUT2D eigenvalue weighted by molar-refractivity contribution is 5.94. The Kier molecular flexibility index (Phi) is 27.7. The van der Waals surface area contributed by atoms with Crippen LogP contribution in [-0.2, 0) is 24.7 Å². The van der Waals surface area contributed by atoms with Gasteiger partial charge in [0.1, 0.15) is 30.3 Å². The molecule has 0 radical (unpaired) electrons.